The number of rotatable bonds is 2. The number of carboxylic acids is 1. The summed E-state index contributed by atoms with van der Waals surface area (Å²) < 4.78 is 13.0. The number of nitrogens with zero attached hydrogens (tertiary/aromatic N) is 2. The molecule has 1 N–H and O–H groups in total. The maximum Gasteiger partial charge on any atom is 0.308 e. The molecule has 2 rings (SSSR count). The Balaban J connectivity index is 2.25. The summed E-state index contributed by atoms with van der Waals surface area (Å²) in [5, 5.41) is 17.8. The number of hydrogen-bond acceptors (Lipinski definition) is 3. The quantitative estimate of drug-likeness (QED) is 0.844. The van der Waals surface area contributed by atoms with E-state index in [4.69, 9.17) is 10.4 Å². The molecule has 0 aliphatic carbocycles. The van der Waals surface area contributed by atoms with Gasteiger partial charge in [0.05, 0.1) is 17.2 Å². The maximum atomic E-state index is 13.0. The Morgan fingerprint density at radius 3 is 2.94 bits per heavy atom. The predicted molar refractivity (Wildman–Crippen MR) is 59.1 cm³/mol. The summed E-state index contributed by atoms with van der Waals surface area (Å²) in [5.41, 5.74) is 0.855. The summed E-state index contributed by atoms with van der Waals surface area (Å²) in [7, 11) is 0. The number of carboxylic acid groups (broad SMARTS) is 1. The average molecular weight is 234 g/mol. The molecule has 1 atom stereocenters. The van der Waals surface area contributed by atoms with E-state index in [2.05, 4.69) is 0 Å². The monoisotopic (exact) mass is 234 g/mol. The molecule has 1 heterocycles. The van der Waals surface area contributed by atoms with Crippen molar-refractivity contribution in [1.82, 2.24) is 0 Å². The minimum atomic E-state index is -0.826. The molecule has 1 aromatic rings. The van der Waals surface area contributed by atoms with Crippen molar-refractivity contribution in [3.63, 3.8) is 0 Å². The molecule has 0 radical (unpaired) electrons. The molecule has 0 spiro atoms. The summed E-state index contributed by atoms with van der Waals surface area (Å²) in [4.78, 5) is 12.7. The van der Waals surface area contributed by atoms with Crippen LogP contribution in [0.2, 0.25) is 0 Å². The van der Waals surface area contributed by atoms with Crippen LogP contribution in [-0.2, 0) is 4.79 Å². The first-order valence-corrected chi connectivity index (χ1v) is 5.29. The van der Waals surface area contributed by atoms with E-state index in [0.29, 0.717) is 25.2 Å². The molecule has 0 aromatic heterocycles. The van der Waals surface area contributed by atoms with Crippen LogP contribution >= 0.6 is 0 Å². The second-order valence-electron chi connectivity index (χ2n) is 4.04. The van der Waals surface area contributed by atoms with E-state index in [9.17, 15) is 9.18 Å². The second kappa shape index (κ2) is 4.42. The summed E-state index contributed by atoms with van der Waals surface area (Å²) >= 11 is 0. The fourth-order valence-electron chi connectivity index (χ4n) is 2.05. The lowest BCUT2D eigenvalue weighted by Crippen LogP contribution is -2.23. The van der Waals surface area contributed by atoms with Crippen molar-refractivity contribution in [1.29, 1.82) is 5.26 Å². The lowest BCUT2D eigenvalue weighted by atomic mass is 10.1. The first-order chi connectivity index (χ1) is 8.11. The minimum absolute atomic E-state index is 0.246. The standard InChI is InChI=1S/C12H11FN2O2/c13-10-1-2-11(9(5-10)6-14)15-4-3-8(7-15)12(16)17/h1-2,5,8H,3-4,7H2,(H,16,17). The molecular formula is C12H11FN2O2. The minimum Gasteiger partial charge on any atom is -0.481 e. The fourth-order valence-corrected chi connectivity index (χ4v) is 2.05. The molecule has 4 nitrogen and oxygen atoms in total. The largest absolute Gasteiger partial charge is 0.481 e. The van der Waals surface area contributed by atoms with Gasteiger partial charge >= 0.3 is 5.97 Å². The van der Waals surface area contributed by atoms with E-state index in [1.165, 1.54) is 18.2 Å². The third kappa shape index (κ3) is 2.21. The van der Waals surface area contributed by atoms with Crippen LogP contribution in [0.5, 0.6) is 0 Å². The molecule has 88 valence electrons. The second-order valence-corrected chi connectivity index (χ2v) is 4.04. The molecule has 0 saturated carbocycles. The van der Waals surface area contributed by atoms with Gasteiger partial charge in [-0.1, -0.05) is 0 Å². The fraction of sp³-hybridized carbons (Fsp3) is 0.333. The zero-order valence-electron chi connectivity index (χ0n) is 9.06. The smallest absolute Gasteiger partial charge is 0.308 e. The number of aliphatic carboxylic acids is 1. The molecule has 1 aromatic carbocycles. The number of halogens is 1. The van der Waals surface area contributed by atoms with Crippen LogP contribution in [0, 0.1) is 23.1 Å². The normalized spacial score (nSPS) is 19.1. The first-order valence-electron chi connectivity index (χ1n) is 5.29. The Hall–Kier alpha value is -2.09. The van der Waals surface area contributed by atoms with E-state index in [-0.39, 0.29) is 5.56 Å². The topological polar surface area (TPSA) is 64.3 Å². The number of benzene rings is 1. The van der Waals surface area contributed by atoms with Gasteiger partial charge in [0.2, 0.25) is 0 Å². The molecule has 1 saturated heterocycles. The van der Waals surface area contributed by atoms with Gasteiger partial charge in [0, 0.05) is 13.1 Å². The van der Waals surface area contributed by atoms with E-state index in [0.717, 1.165) is 0 Å². The third-order valence-corrected chi connectivity index (χ3v) is 2.96. The number of hydrogen-bond donors (Lipinski definition) is 1. The van der Waals surface area contributed by atoms with Gasteiger partial charge in [-0.15, -0.1) is 0 Å². The van der Waals surface area contributed by atoms with E-state index in [1.807, 2.05) is 11.0 Å². The molecule has 1 aliphatic rings. The van der Waals surface area contributed by atoms with Gasteiger partial charge in [0.25, 0.3) is 0 Å². The Morgan fingerprint density at radius 1 is 1.59 bits per heavy atom. The van der Waals surface area contributed by atoms with Crippen molar-refractivity contribution < 1.29 is 14.3 Å². The highest BCUT2D eigenvalue weighted by molar-refractivity contribution is 5.72. The van der Waals surface area contributed by atoms with Gasteiger partial charge in [-0.3, -0.25) is 4.79 Å². The van der Waals surface area contributed by atoms with Crippen LogP contribution in [-0.4, -0.2) is 24.2 Å². The molecule has 5 heteroatoms. The van der Waals surface area contributed by atoms with Gasteiger partial charge in [0.1, 0.15) is 11.9 Å². The first kappa shape index (κ1) is 11.4. The Morgan fingerprint density at radius 2 is 2.35 bits per heavy atom. The van der Waals surface area contributed by atoms with Crippen LogP contribution in [0.3, 0.4) is 0 Å². The molecule has 1 aliphatic heterocycles. The molecule has 0 amide bonds. The Bertz CT molecular complexity index is 496. The van der Waals surface area contributed by atoms with Crippen molar-refractivity contribution in [2.75, 3.05) is 18.0 Å². The van der Waals surface area contributed by atoms with Crippen LogP contribution in [0.4, 0.5) is 10.1 Å². The van der Waals surface area contributed by atoms with E-state index < -0.39 is 17.7 Å². The highest BCUT2D eigenvalue weighted by atomic mass is 19.1. The van der Waals surface area contributed by atoms with Crippen molar-refractivity contribution in [3.8, 4) is 6.07 Å². The molecule has 1 unspecified atom stereocenters. The van der Waals surface area contributed by atoms with Gasteiger partial charge < -0.3 is 10.0 Å². The zero-order chi connectivity index (χ0) is 12.4. The number of carbonyl (C=O) groups is 1. The summed E-state index contributed by atoms with van der Waals surface area (Å²) in [6.45, 7) is 0.951. The van der Waals surface area contributed by atoms with Crippen molar-refractivity contribution in [2.24, 2.45) is 5.92 Å². The lowest BCUT2D eigenvalue weighted by molar-refractivity contribution is -0.140. The average Bonchev–Trinajstić information content (AvgIpc) is 2.78. The van der Waals surface area contributed by atoms with Crippen molar-refractivity contribution >= 4 is 11.7 Å². The van der Waals surface area contributed by atoms with E-state index >= 15 is 0 Å². The van der Waals surface area contributed by atoms with Gasteiger partial charge in [-0.25, -0.2) is 4.39 Å². The van der Waals surface area contributed by atoms with Gasteiger partial charge in [-0.2, -0.15) is 5.26 Å². The van der Waals surface area contributed by atoms with Crippen LogP contribution in [0.25, 0.3) is 0 Å². The Kier molecular flexibility index (Phi) is 2.96. The van der Waals surface area contributed by atoms with Crippen molar-refractivity contribution in [2.45, 2.75) is 6.42 Å². The predicted octanol–water partition coefficient (Wildman–Crippen LogP) is 1.61. The Labute approximate surface area is 97.9 Å². The molecular weight excluding hydrogens is 223 g/mol. The zero-order valence-corrected chi connectivity index (χ0v) is 9.06. The number of anilines is 1. The highest BCUT2D eigenvalue weighted by Crippen LogP contribution is 2.27. The summed E-state index contributed by atoms with van der Waals surface area (Å²) in [6.07, 6.45) is 0.553. The lowest BCUT2D eigenvalue weighted by Gasteiger charge is -2.19. The van der Waals surface area contributed by atoms with Crippen LogP contribution < -0.4 is 4.90 Å². The maximum absolute atomic E-state index is 13.0. The van der Waals surface area contributed by atoms with Gasteiger partial charge in [0.15, 0.2) is 0 Å². The SMILES string of the molecule is N#Cc1cc(F)ccc1N1CCC(C(=O)O)C1. The molecule has 17 heavy (non-hydrogen) atoms. The molecule has 1 fully saturated rings. The number of nitriles is 1. The van der Waals surface area contributed by atoms with Crippen molar-refractivity contribution in [3.05, 3.63) is 29.6 Å². The van der Waals surface area contributed by atoms with E-state index in [1.54, 1.807) is 0 Å². The summed E-state index contributed by atoms with van der Waals surface area (Å²) in [6, 6.07) is 5.91. The molecule has 0 bridgehead atoms. The highest BCUT2D eigenvalue weighted by Gasteiger charge is 2.29. The third-order valence-electron chi connectivity index (χ3n) is 2.96. The van der Waals surface area contributed by atoms with Crippen LogP contribution in [0.1, 0.15) is 12.0 Å². The van der Waals surface area contributed by atoms with Crippen LogP contribution in [0.15, 0.2) is 18.2 Å². The van der Waals surface area contributed by atoms with Gasteiger partial charge in [-0.05, 0) is 24.6 Å². The summed E-state index contributed by atoms with van der Waals surface area (Å²) in [5.74, 6) is -1.70.